The number of hydrogen-bond acceptors (Lipinski definition) is 2. The first kappa shape index (κ1) is 15.5. The van der Waals surface area contributed by atoms with E-state index in [0.717, 1.165) is 37.7 Å². The minimum absolute atomic E-state index is 0.0316. The third kappa shape index (κ3) is 3.52. The van der Waals surface area contributed by atoms with Crippen molar-refractivity contribution in [2.24, 2.45) is 5.73 Å². The SMILES string of the molecule is NC(=O)C1=C(NC(=O)CCCc2ccccc2)CC2=C1CCC2. The normalized spacial score (nSPS) is 16.7. The van der Waals surface area contributed by atoms with E-state index in [2.05, 4.69) is 17.4 Å². The summed E-state index contributed by atoms with van der Waals surface area (Å²) < 4.78 is 0. The molecule has 0 unspecified atom stereocenters. The molecule has 0 spiro atoms. The first-order valence-corrected chi connectivity index (χ1v) is 8.23. The minimum atomic E-state index is -0.420. The molecule has 0 saturated heterocycles. The second-order valence-corrected chi connectivity index (χ2v) is 6.22. The highest BCUT2D eigenvalue weighted by Crippen LogP contribution is 2.41. The molecule has 3 rings (SSSR count). The number of nitrogens with one attached hydrogen (secondary N) is 1. The summed E-state index contributed by atoms with van der Waals surface area (Å²) in [7, 11) is 0. The van der Waals surface area contributed by atoms with E-state index >= 15 is 0 Å². The van der Waals surface area contributed by atoms with Gasteiger partial charge in [0.2, 0.25) is 5.91 Å². The maximum absolute atomic E-state index is 12.2. The zero-order chi connectivity index (χ0) is 16.2. The Morgan fingerprint density at radius 2 is 1.91 bits per heavy atom. The monoisotopic (exact) mass is 310 g/mol. The van der Waals surface area contributed by atoms with E-state index in [4.69, 9.17) is 5.73 Å². The number of rotatable bonds is 6. The van der Waals surface area contributed by atoms with Gasteiger partial charge in [0, 0.05) is 18.5 Å². The molecule has 0 heterocycles. The number of allylic oxidation sites excluding steroid dienone is 1. The van der Waals surface area contributed by atoms with Crippen LogP contribution in [0.1, 0.15) is 44.1 Å². The number of carbonyl (C=O) groups excluding carboxylic acids is 2. The molecule has 2 amide bonds. The second-order valence-electron chi connectivity index (χ2n) is 6.22. The number of hydrogen-bond donors (Lipinski definition) is 2. The summed E-state index contributed by atoms with van der Waals surface area (Å²) in [5.74, 6) is -0.452. The summed E-state index contributed by atoms with van der Waals surface area (Å²) in [4.78, 5) is 23.9. The molecule has 4 heteroatoms. The lowest BCUT2D eigenvalue weighted by Gasteiger charge is -2.10. The Balaban J connectivity index is 1.55. The summed E-state index contributed by atoms with van der Waals surface area (Å²) in [6.07, 6.45) is 5.81. The largest absolute Gasteiger partial charge is 0.366 e. The molecule has 120 valence electrons. The Labute approximate surface area is 136 Å². The molecular weight excluding hydrogens is 288 g/mol. The number of carbonyl (C=O) groups is 2. The molecule has 0 aliphatic heterocycles. The van der Waals surface area contributed by atoms with Crippen molar-refractivity contribution in [3.05, 3.63) is 58.3 Å². The van der Waals surface area contributed by atoms with Crippen LogP contribution in [0.25, 0.3) is 0 Å². The zero-order valence-corrected chi connectivity index (χ0v) is 13.2. The molecule has 1 aromatic rings. The molecule has 3 N–H and O–H groups in total. The highest BCUT2D eigenvalue weighted by molar-refractivity contribution is 5.99. The third-order valence-electron chi connectivity index (χ3n) is 4.57. The van der Waals surface area contributed by atoms with Gasteiger partial charge in [-0.3, -0.25) is 9.59 Å². The average Bonchev–Trinajstić information content (AvgIpc) is 3.08. The van der Waals surface area contributed by atoms with E-state index in [1.807, 2.05) is 18.2 Å². The van der Waals surface area contributed by atoms with Crippen LogP contribution in [0, 0.1) is 0 Å². The molecule has 23 heavy (non-hydrogen) atoms. The topological polar surface area (TPSA) is 72.2 Å². The standard InChI is InChI=1S/C19H22N2O2/c20-19(23)18-15-10-5-9-14(15)12-16(18)21-17(22)11-4-8-13-6-2-1-3-7-13/h1-3,6-7H,4-5,8-12H2,(H2,20,23)(H,21,22). The van der Waals surface area contributed by atoms with Crippen LogP contribution in [-0.2, 0) is 16.0 Å². The van der Waals surface area contributed by atoms with Crippen LogP contribution in [0.15, 0.2) is 52.7 Å². The first-order valence-electron chi connectivity index (χ1n) is 8.23. The van der Waals surface area contributed by atoms with Crippen LogP contribution in [0.2, 0.25) is 0 Å². The van der Waals surface area contributed by atoms with Crippen LogP contribution in [-0.4, -0.2) is 11.8 Å². The fourth-order valence-corrected chi connectivity index (χ4v) is 3.52. The van der Waals surface area contributed by atoms with Gasteiger partial charge in [0.05, 0.1) is 5.57 Å². The number of aryl methyl sites for hydroxylation is 1. The van der Waals surface area contributed by atoms with Crippen LogP contribution in [0.4, 0.5) is 0 Å². The van der Waals surface area contributed by atoms with Crippen molar-refractivity contribution in [1.82, 2.24) is 5.32 Å². The van der Waals surface area contributed by atoms with E-state index in [9.17, 15) is 9.59 Å². The number of benzene rings is 1. The van der Waals surface area contributed by atoms with Gasteiger partial charge in [-0.2, -0.15) is 0 Å². The first-order chi connectivity index (χ1) is 11.1. The summed E-state index contributed by atoms with van der Waals surface area (Å²) in [5, 5.41) is 2.92. The molecule has 1 aromatic carbocycles. The highest BCUT2D eigenvalue weighted by Gasteiger charge is 2.31. The highest BCUT2D eigenvalue weighted by atomic mass is 16.2. The molecule has 2 aliphatic carbocycles. The van der Waals surface area contributed by atoms with E-state index in [0.29, 0.717) is 24.1 Å². The van der Waals surface area contributed by atoms with Crippen LogP contribution in [0.5, 0.6) is 0 Å². The van der Waals surface area contributed by atoms with Crippen molar-refractivity contribution in [3.63, 3.8) is 0 Å². The van der Waals surface area contributed by atoms with Crippen molar-refractivity contribution in [1.29, 1.82) is 0 Å². The van der Waals surface area contributed by atoms with Crippen molar-refractivity contribution in [2.75, 3.05) is 0 Å². The average molecular weight is 310 g/mol. The Morgan fingerprint density at radius 3 is 2.65 bits per heavy atom. The van der Waals surface area contributed by atoms with Gasteiger partial charge in [-0.05, 0) is 43.2 Å². The van der Waals surface area contributed by atoms with Gasteiger partial charge in [0.15, 0.2) is 0 Å². The maximum Gasteiger partial charge on any atom is 0.250 e. The number of primary amides is 1. The number of amides is 2. The molecular formula is C19H22N2O2. The Bertz CT molecular complexity index is 687. The smallest absolute Gasteiger partial charge is 0.250 e. The summed E-state index contributed by atoms with van der Waals surface area (Å²) in [5.41, 5.74) is 10.4. The Morgan fingerprint density at radius 1 is 1.13 bits per heavy atom. The quantitative estimate of drug-likeness (QED) is 0.848. The van der Waals surface area contributed by atoms with E-state index in [1.54, 1.807) is 0 Å². The molecule has 0 bridgehead atoms. The lowest BCUT2D eigenvalue weighted by Crippen LogP contribution is -2.26. The molecule has 0 atom stereocenters. The van der Waals surface area contributed by atoms with Gasteiger partial charge >= 0.3 is 0 Å². The third-order valence-corrected chi connectivity index (χ3v) is 4.57. The minimum Gasteiger partial charge on any atom is -0.366 e. The van der Waals surface area contributed by atoms with E-state index in [-0.39, 0.29) is 5.91 Å². The lowest BCUT2D eigenvalue weighted by molar-refractivity contribution is -0.120. The predicted octanol–water partition coefficient (Wildman–Crippen LogP) is 2.75. The molecule has 0 fully saturated rings. The van der Waals surface area contributed by atoms with Gasteiger partial charge in [-0.25, -0.2) is 0 Å². The van der Waals surface area contributed by atoms with Crippen molar-refractivity contribution < 1.29 is 9.59 Å². The van der Waals surface area contributed by atoms with E-state index < -0.39 is 5.91 Å². The lowest BCUT2D eigenvalue weighted by atomic mass is 10.1. The van der Waals surface area contributed by atoms with Crippen molar-refractivity contribution >= 4 is 11.8 Å². The van der Waals surface area contributed by atoms with Gasteiger partial charge < -0.3 is 11.1 Å². The second kappa shape index (κ2) is 6.82. The van der Waals surface area contributed by atoms with Gasteiger partial charge in [-0.1, -0.05) is 35.9 Å². The molecule has 0 radical (unpaired) electrons. The molecule has 4 nitrogen and oxygen atoms in total. The Kier molecular flexibility index (Phi) is 4.60. The van der Waals surface area contributed by atoms with Gasteiger partial charge in [0.1, 0.15) is 0 Å². The zero-order valence-electron chi connectivity index (χ0n) is 13.2. The van der Waals surface area contributed by atoms with Crippen LogP contribution >= 0.6 is 0 Å². The predicted molar refractivity (Wildman–Crippen MR) is 89.2 cm³/mol. The van der Waals surface area contributed by atoms with Crippen molar-refractivity contribution in [2.45, 2.75) is 44.9 Å². The molecule has 0 aromatic heterocycles. The molecule has 0 saturated carbocycles. The van der Waals surface area contributed by atoms with Crippen LogP contribution in [0.3, 0.4) is 0 Å². The number of nitrogens with two attached hydrogens (primary N) is 1. The molecule has 2 aliphatic rings. The summed E-state index contributed by atoms with van der Waals surface area (Å²) >= 11 is 0. The Hall–Kier alpha value is -2.36. The fourth-order valence-electron chi connectivity index (χ4n) is 3.52. The summed E-state index contributed by atoms with van der Waals surface area (Å²) in [6.45, 7) is 0. The maximum atomic E-state index is 12.2. The van der Waals surface area contributed by atoms with Crippen LogP contribution < -0.4 is 11.1 Å². The van der Waals surface area contributed by atoms with E-state index in [1.165, 1.54) is 11.1 Å². The van der Waals surface area contributed by atoms with Gasteiger partial charge in [-0.15, -0.1) is 0 Å². The van der Waals surface area contributed by atoms with Crippen molar-refractivity contribution in [3.8, 4) is 0 Å². The van der Waals surface area contributed by atoms with Gasteiger partial charge in [0.25, 0.3) is 5.91 Å². The fraction of sp³-hybridized carbons (Fsp3) is 0.368. The summed E-state index contributed by atoms with van der Waals surface area (Å²) in [6, 6.07) is 10.1.